The smallest absolute Gasteiger partial charge is 0.236 e. The topological polar surface area (TPSA) is 59.1 Å². The normalized spacial score (nSPS) is 23.9. The van der Waals surface area contributed by atoms with Crippen LogP contribution in [0.5, 0.6) is 0 Å². The van der Waals surface area contributed by atoms with E-state index in [0.717, 1.165) is 58.4 Å². The molecule has 0 aromatic heterocycles. The molecule has 2 saturated heterocycles. The van der Waals surface area contributed by atoms with Gasteiger partial charge in [0, 0.05) is 63.9 Å². The molecule has 3 aliphatic rings. The molecule has 7 heteroatoms. The molecule has 2 aliphatic heterocycles. The van der Waals surface area contributed by atoms with Gasteiger partial charge in [-0.05, 0) is 33.6 Å². The molecule has 0 atom stereocenters. The lowest BCUT2D eigenvalue weighted by Crippen LogP contribution is -2.55. The SMILES string of the molecule is CC(C)(C)NC(=O)CN1CCN(C(=O)CN2CCN(C3CC3)CC2)CC1. The Labute approximate surface area is 157 Å². The molecule has 1 saturated carbocycles. The van der Waals surface area contributed by atoms with E-state index in [1.807, 2.05) is 25.7 Å². The number of amides is 2. The van der Waals surface area contributed by atoms with Crippen LogP contribution in [0.25, 0.3) is 0 Å². The van der Waals surface area contributed by atoms with Crippen molar-refractivity contribution in [2.24, 2.45) is 0 Å². The van der Waals surface area contributed by atoms with Gasteiger partial charge in [0.25, 0.3) is 0 Å². The van der Waals surface area contributed by atoms with Crippen LogP contribution < -0.4 is 5.32 Å². The number of carbonyl (C=O) groups excluding carboxylic acids is 2. The lowest BCUT2D eigenvalue weighted by molar-refractivity contribution is -0.135. The summed E-state index contributed by atoms with van der Waals surface area (Å²) < 4.78 is 0. The zero-order valence-electron chi connectivity index (χ0n) is 16.7. The quantitative estimate of drug-likeness (QED) is 0.733. The van der Waals surface area contributed by atoms with Crippen molar-refractivity contribution in [1.82, 2.24) is 24.9 Å². The average molecular weight is 366 g/mol. The van der Waals surface area contributed by atoms with Crippen molar-refractivity contribution in [2.45, 2.75) is 45.2 Å². The summed E-state index contributed by atoms with van der Waals surface area (Å²) in [4.78, 5) is 33.6. The maximum atomic E-state index is 12.6. The number of nitrogens with zero attached hydrogens (tertiary/aromatic N) is 4. The van der Waals surface area contributed by atoms with E-state index in [9.17, 15) is 9.59 Å². The van der Waals surface area contributed by atoms with Gasteiger partial charge in [-0.15, -0.1) is 0 Å². The van der Waals surface area contributed by atoms with E-state index in [2.05, 4.69) is 20.0 Å². The van der Waals surface area contributed by atoms with Gasteiger partial charge in [0.1, 0.15) is 0 Å². The Morgan fingerprint density at radius 3 is 1.92 bits per heavy atom. The highest BCUT2D eigenvalue weighted by atomic mass is 16.2. The number of hydrogen-bond acceptors (Lipinski definition) is 5. The van der Waals surface area contributed by atoms with Crippen LogP contribution >= 0.6 is 0 Å². The maximum Gasteiger partial charge on any atom is 0.236 e. The maximum absolute atomic E-state index is 12.6. The van der Waals surface area contributed by atoms with Gasteiger partial charge in [-0.3, -0.25) is 24.3 Å². The minimum atomic E-state index is -0.196. The Balaban J connectivity index is 1.34. The molecule has 3 rings (SSSR count). The summed E-state index contributed by atoms with van der Waals surface area (Å²) in [6, 6.07) is 0.830. The molecule has 0 unspecified atom stereocenters. The first-order valence-corrected chi connectivity index (χ1v) is 10.1. The minimum absolute atomic E-state index is 0.0609. The second-order valence-electron chi connectivity index (χ2n) is 9.00. The summed E-state index contributed by atoms with van der Waals surface area (Å²) in [6.45, 7) is 14.2. The molecule has 26 heavy (non-hydrogen) atoms. The Hall–Kier alpha value is -1.18. The molecule has 148 valence electrons. The Morgan fingerprint density at radius 1 is 0.846 bits per heavy atom. The fourth-order valence-corrected chi connectivity index (χ4v) is 3.83. The number of carbonyl (C=O) groups is 2. The van der Waals surface area contributed by atoms with Crippen LogP contribution in [0.15, 0.2) is 0 Å². The largest absolute Gasteiger partial charge is 0.350 e. The molecule has 0 spiro atoms. The standard InChI is InChI=1S/C19H35N5O2/c1-19(2,3)20-17(25)14-21-8-12-24(13-9-21)18(26)15-22-6-10-23(11-7-22)16-4-5-16/h16H,4-15H2,1-3H3,(H,20,25). The molecule has 2 heterocycles. The molecular weight excluding hydrogens is 330 g/mol. The Kier molecular flexibility index (Phi) is 6.20. The van der Waals surface area contributed by atoms with Gasteiger partial charge in [-0.25, -0.2) is 0 Å². The van der Waals surface area contributed by atoms with Crippen molar-refractivity contribution in [2.75, 3.05) is 65.4 Å². The van der Waals surface area contributed by atoms with Crippen molar-refractivity contribution in [3.05, 3.63) is 0 Å². The number of nitrogens with one attached hydrogen (secondary N) is 1. The predicted octanol–water partition coefficient (Wildman–Crippen LogP) is -0.175. The van der Waals surface area contributed by atoms with Gasteiger partial charge < -0.3 is 10.2 Å². The van der Waals surface area contributed by atoms with E-state index in [1.54, 1.807) is 0 Å². The number of rotatable bonds is 5. The third-order valence-corrected chi connectivity index (χ3v) is 5.44. The molecular formula is C19H35N5O2. The van der Waals surface area contributed by atoms with Crippen molar-refractivity contribution in [3.63, 3.8) is 0 Å². The average Bonchev–Trinajstić information content (AvgIpc) is 3.39. The zero-order chi connectivity index (χ0) is 18.7. The third kappa shape index (κ3) is 5.93. The Bertz CT molecular complexity index is 499. The minimum Gasteiger partial charge on any atom is -0.350 e. The summed E-state index contributed by atoms with van der Waals surface area (Å²) >= 11 is 0. The monoisotopic (exact) mass is 365 g/mol. The van der Waals surface area contributed by atoms with E-state index < -0.39 is 0 Å². The van der Waals surface area contributed by atoms with Gasteiger partial charge in [0.05, 0.1) is 13.1 Å². The second kappa shape index (κ2) is 8.23. The summed E-state index contributed by atoms with van der Waals surface area (Å²) in [5.74, 6) is 0.300. The number of piperazine rings is 2. The van der Waals surface area contributed by atoms with Crippen molar-refractivity contribution >= 4 is 11.8 Å². The van der Waals surface area contributed by atoms with E-state index in [-0.39, 0.29) is 17.4 Å². The van der Waals surface area contributed by atoms with Crippen LogP contribution in [0.1, 0.15) is 33.6 Å². The fraction of sp³-hybridized carbons (Fsp3) is 0.895. The summed E-state index contributed by atoms with van der Waals surface area (Å²) in [6.07, 6.45) is 2.72. The second-order valence-corrected chi connectivity index (χ2v) is 9.00. The fourth-order valence-electron chi connectivity index (χ4n) is 3.83. The van der Waals surface area contributed by atoms with Gasteiger partial charge in [0.2, 0.25) is 11.8 Å². The first-order chi connectivity index (χ1) is 12.3. The lowest BCUT2D eigenvalue weighted by Gasteiger charge is -2.38. The predicted molar refractivity (Wildman–Crippen MR) is 102 cm³/mol. The molecule has 0 aromatic rings. The Morgan fingerprint density at radius 2 is 1.38 bits per heavy atom. The lowest BCUT2D eigenvalue weighted by atomic mass is 10.1. The van der Waals surface area contributed by atoms with Crippen LogP contribution in [-0.2, 0) is 9.59 Å². The van der Waals surface area contributed by atoms with E-state index in [1.165, 1.54) is 12.8 Å². The van der Waals surface area contributed by atoms with Gasteiger partial charge in [-0.2, -0.15) is 0 Å². The highest BCUT2D eigenvalue weighted by molar-refractivity contribution is 5.79. The summed E-state index contributed by atoms with van der Waals surface area (Å²) in [5, 5.41) is 3.00. The van der Waals surface area contributed by atoms with E-state index in [0.29, 0.717) is 13.1 Å². The van der Waals surface area contributed by atoms with Gasteiger partial charge >= 0.3 is 0 Å². The molecule has 0 aromatic carbocycles. The van der Waals surface area contributed by atoms with Crippen LogP contribution in [0.4, 0.5) is 0 Å². The highest BCUT2D eigenvalue weighted by Crippen LogP contribution is 2.27. The van der Waals surface area contributed by atoms with Gasteiger partial charge in [-0.1, -0.05) is 0 Å². The van der Waals surface area contributed by atoms with Crippen LogP contribution in [0, 0.1) is 0 Å². The third-order valence-electron chi connectivity index (χ3n) is 5.44. The molecule has 7 nitrogen and oxygen atoms in total. The van der Waals surface area contributed by atoms with E-state index in [4.69, 9.17) is 0 Å². The summed E-state index contributed by atoms with van der Waals surface area (Å²) in [7, 11) is 0. The molecule has 3 fully saturated rings. The molecule has 0 bridgehead atoms. The van der Waals surface area contributed by atoms with Crippen LogP contribution in [0.3, 0.4) is 0 Å². The zero-order valence-corrected chi connectivity index (χ0v) is 16.7. The van der Waals surface area contributed by atoms with Crippen molar-refractivity contribution in [1.29, 1.82) is 0 Å². The van der Waals surface area contributed by atoms with Gasteiger partial charge in [0.15, 0.2) is 0 Å². The van der Waals surface area contributed by atoms with E-state index >= 15 is 0 Å². The first kappa shape index (κ1) is 19.6. The highest BCUT2D eigenvalue weighted by Gasteiger charge is 2.32. The first-order valence-electron chi connectivity index (χ1n) is 10.1. The molecule has 0 radical (unpaired) electrons. The molecule has 2 amide bonds. The summed E-state index contributed by atoms with van der Waals surface area (Å²) in [5.41, 5.74) is -0.196. The van der Waals surface area contributed by atoms with Crippen LogP contribution in [-0.4, -0.2) is 108 Å². The number of hydrogen-bond donors (Lipinski definition) is 1. The van der Waals surface area contributed by atoms with Crippen LogP contribution in [0.2, 0.25) is 0 Å². The molecule has 1 N–H and O–H groups in total. The van der Waals surface area contributed by atoms with Crippen molar-refractivity contribution < 1.29 is 9.59 Å². The van der Waals surface area contributed by atoms with Crippen molar-refractivity contribution in [3.8, 4) is 0 Å². The molecule has 1 aliphatic carbocycles.